The monoisotopic (exact) mass is 299 g/mol. The molecule has 5 heteroatoms. The van der Waals surface area contributed by atoms with Crippen molar-refractivity contribution in [3.05, 3.63) is 39.3 Å². The van der Waals surface area contributed by atoms with Crippen molar-refractivity contribution >= 4 is 27.3 Å². The molecule has 2 rings (SSSR count). The first-order chi connectivity index (χ1) is 7.74. The van der Waals surface area contributed by atoms with Gasteiger partial charge in [-0.2, -0.15) is 5.10 Å². The molecule has 86 valence electrons. The van der Waals surface area contributed by atoms with Gasteiger partial charge in [-0.25, -0.2) is 0 Å². The minimum absolute atomic E-state index is 0.415. The van der Waals surface area contributed by atoms with E-state index < -0.39 is 0 Å². The van der Waals surface area contributed by atoms with Gasteiger partial charge in [0.15, 0.2) is 0 Å². The van der Waals surface area contributed by atoms with Crippen LogP contribution in [0.2, 0.25) is 0 Å². The lowest BCUT2D eigenvalue weighted by Gasteiger charge is -2.13. The summed E-state index contributed by atoms with van der Waals surface area (Å²) in [6, 6.07) is 4.51. The second kappa shape index (κ2) is 5.61. The Balaban J connectivity index is 1.77. The first-order valence-electron chi connectivity index (χ1n) is 5.18. The smallest absolute Gasteiger partial charge is 0.0701 e. The van der Waals surface area contributed by atoms with Crippen molar-refractivity contribution in [1.82, 2.24) is 15.1 Å². The second-order valence-corrected chi connectivity index (χ2v) is 6.06. The number of nitrogens with one attached hydrogen (secondary N) is 1. The molecular formula is C11H14BrN3S. The van der Waals surface area contributed by atoms with Gasteiger partial charge in [-0.3, -0.25) is 4.68 Å². The first-order valence-corrected chi connectivity index (χ1v) is 6.85. The third-order valence-electron chi connectivity index (χ3n) is 2.30. The number of hydrogen-bond acceptors (Lipinski definition) is 3. The van der Waals surface area contributed by atoms with Gasteiger partial charge in [0.1, 0.15) is 0 Å². The summed E-state index contributed by atoms with van der Waals surface area (Å²) in [5.74, 6) is 0. The molecule has 0 aliphatic heterocycles. The predicted molar refractivity (Wildman–Crippen MR) is 70.5 cm³/mol. The molecule has 0 unspecified atom stereocenters. The summed E-state index contributed by atoms with van der Waals surface area (Å²) in [4.78, 5) is 0. The van der Waals surface area contributed by atoms with Crippen LogP contribution in [0.25, 0.3) is 0 Å². The minimum Gasteiger partial charge on any atom is -0.308 e. The summed E-state index contributed by atoms with van der Waals surface area (Å²) in [6.45, 7) is 3.98. The fourth-order valence-electron chi connectivity index (χ4n) is 1.48. The van der Waals surface area contributed by atoms with Crippen molar-refractivity contribution in [2.75, 3.05) is 0 Å². The van der Waals surface area contributed by atoms with Gasteiger partial charge in [-0.1, -0.05) is 0 Å². The first kappa shape index (κ1) is 11.8. The van der Waals surface area contributed by atoms with Crippen molar-refractivity contribution in [2.24, 2.45) is 0 Å². The number of halogens is 1. The predicted octanol–water partition coefficient (Wildman–Crippen LogP) is 2.89. The zero-order chi connectivity index (χ0) is 11.4. The highest BCUT2D eigenvalue weighted by Crippen LogP contribution is 2.20. The van der Waals surface area contributed by atoms with Crippen molar-refractivity contribution in [2.45, 2.75) is 26.1 Å². The summed E-state index contributed by atoms with van der Waals surface area (Å²) in [7, 11) is 0. The SMILES string of the molecule is C[C@@H](Cn1cccn1)NCc1csc(Br)c1. The standard InChI is InChI=1S/C11H14BrN3S/c1-9(7-15-4-2-3-14-15)13-6-10-5-11(12)16-8-10/h2-5,8-9,13H,6-7H2,1H3/t9-/m0/s1. The van der Waals surface area contributed by atoms with Crippen LogP contribution in [0, 0.1) is 0 Å². The minimum atomic E-state index is 0.415. The molecule has 3 nitrogen and oxygen atoms in total. The van der Waals surface area contributed by atoms with Crippen LogP contribution in [-0.4, -0.2) is 15.8 Å². The Morgan fingerprint density at radius 3 is 3.12 bits per heavy atom. The normalized spacial score (nSPS) is 12.9. The molecule has 0 aliphatic rings. The lowest BCUT2D eigenvalue weighted by molar-refractivity contribution is 0.451. The van der Waals surface area contributed by atoms with Crippen LogP contribution >= 0.6 is 27.3 Å². The van der Waals surface area contributed by atoms with E-state index in [-0.39, 0.29) is 0 Å². The molecule has 0 aromatic carbocycles. The fourth-order valence-corrected chi connectivity index (χ4v) is 2.69. The highest BCUT2D eigenvalue weighted by molar-refractivity contribution is 9.11. The van der Waals surface area contributed by atoms with E-state index in [1.54, 1.807) is 11.3 Å². The van der Waals surface area contributed by atoms with E-state index in [1.807, 2.05) is 23.1 Å². The van der Waals surface area contributed by atoms with Gasteiger partial charge in [-0.05, 0) is 45.9 Å². The van der Waals surface area contributed by atoms with Crippen molar-refractivity contribution in [3.8, 4) is 0 Å². The van der Waals surface area contributed by atoms with Crippen molar-refractivity contribution in [3.63, 3.8) is 0 Å². The molecule has 16 heavy (non-hydrogen) atoms. The Morgan fingerprint density at radius 1 is 1.62 bits per heavy atom. The molecular weight excluding hydrogens is 286 g/mol. The van der Waals surface area contributed by atoms with E-state index in [4.69, 9.17) is 0 Å². The molecule has 0 radical (unpaired) electrons. The Morgan fingerprint density at radius 2 is 2.50 bits per heavy atom. The number of nitrogens with zero attached hydrogens (tertiary/aromatic N) is 2. The van der Waals surface area contributed by atoms with Gasteiger partial charge in [0, 0.05) is 25.0 Å². The largest absolute Gasteiger partial charge is 0.308 e. The van der Waals surface area contributed by atoms with E-state index >= 15 is 0 Å². The van der Waals surface area contributed by atoms with E-state index in [0.29, 0.717) is 6.04 Å². The summed E-state index contributed by atoms with van der Waals surface area (Å²) >= 11 is 5.18. The molecule has 0 amide bonds. The molecule has 1 N–H and O–H groups in total. The quantitative estimate of drug-likeness (QED) is 0.920. The highest BCUT2D eigenvalue weighted by atomic mass is 79.9. The summed E-state index contributed by atoms with van der Waals surface area (Å²) in [6.07, 6.45) is 3.79. The highest BCUT2D eigenvalue weighted by Gasteiger charge is 2.03. The van der Waals surface area contributed by atoms with E-state index in [9.17, 15) is 0 Å². The van der Waals surface area contributed by atoms with Crippen LogP contribution in [0.15, 0.2) is 33.7 Å². The molecule has 0 saturated heterocycles. The Labute approximate surface area is 108 Å². The number of thiophene rings is 1. The molecule has 0 bridgehead atoms. The molecule has 0 fully saturated rings. The van der Waals surface area contributed by atoms with Gasteiger partial charge < -0.3 is 5.32 Å². The van der Waals surface area contributed by atoms with Crippen LogP contribution in [0.4, 0.5) is 0 Å². The van der Waals surface area contributed by atoms with Gasteiger partial charge in [0.05, 0.1) is 10.3 Å². The summed E-state index contributed by atoms with van der Waals surface area (Å²) in [5, 5.41) is 9.83. The van der Waals surface area contributed by atoms with Crippen LogP contribution < -0.4 is 5.32 Å². The Bertz CT molecular complexity index is 424. The van der Waals surface area contributed by atoms with E-state index in [2.05, 4.69) is 44.7 Å². The molecule has 2 heterocycles. The maximum Gasteiger partial charge on any atom is 0.0701 e. The molecule has 1 atom stereocenters. The van der Waals surface area contributed by atoms with Crippen molar-refractivity contribution < 1.29 is 0 Å². The van der Waals surface area contributed by atoms with Crippen LogP contribution in [0.5, 0.6) is 0 Å². The van der Waals surface area contributed by atoms with E-state index in [0.717, 1.165) is 13.1 Å². The lowest BCUT2D eigenvalue weighted by Crippen LogP contribution is -2.29. The summed E-state index contributed by atoms with van der Waals surface area (Å²) in [5.41, 5.74) is 1.32. The molecule has 2 aromatic rings. The maximum absolute atomic E-state index is 4.19. The van der Waals surface area contributed by atoms with Crippen molar-refractivity contribution in [1.29, 1.82) is 0 Å². The lowest BCUT2D eigenvalue weighted by atomic mass is 10.3. The van der Waals surface area contributed by atoms with Gasteiger partial charge in [0.2, 0.25) is 0 Å². The van der Waals surface area contributed by atoms with E-state index in [1.165, 1.54) is 9.35 Å². The Kier molecular flexibility index (Phi) is 4.15. The number of rotatable bonds is 5. The average molecular weight is 300 g/mol. The second-order valence-electron chi connectivity index (χ2n) is 3.77. The number of aromatic nitrogens is 2. The molecule has 0 saturated carbocycles. The topological polar surface area (TPSA) is 29.9 Å². The Hall–Kier alpha value is -0.650. The molecule has 2 aromatic heterocycles. The van der Waals surface area contributed by atoms with Crippen LogP contribution in [0.1, 0.15) is 12.5 Å². The van der Waals surface area contributed by atoms with Crippen LogP contribution in [-0.2, 0) is 13.1 Å². The summed E-state index contributed by atoms with van der Waals surface area (Å²) < 4.78 is 3.13. The van der Waals surface area contributed by atoms with Crippen LogP contribution in [0.3, 0.4) is 0 Å². The fraction of sp³-hybridized carbons (Fsp3) is 0.364. The maximum atomic E-state index is 4.19. The third kappa shape index (κ3) is 3.43. The molecule has 0 spiro atoms. The average Bonchev–Trinajstić information content (AvgIpc) is 2.87. The zero-order valence-corrected chi connectivity index (χ0v) is 11.5. The number of hydrogen-bond donors (Lipinski definition) is 1. The van der Waals surface area contributed by atoms with Gasteiger partial charge in [-0.15, -0.1) is 11.3 Å². The van der Waals surface area contributed by atoms with Gasteiger partial charge >= 0.3 is 0 Å². The molecule has 0 aliphatic carbocycles. The third-order valence-corrected chi connectivity index (χ3v) is 3.85. The van der Waals surface area contributed by atoms with Gasteiger partial charge in [0.25, 0.3) is 0 Å². The zero-order valence-electron chi connectivity index (χ0n) is 9.06.